The minimum Gasteiger partial charge on any atom is -0.0917 e. The molecular weight excluding hydrogens is 96.1 g/mol. The molecule has 0 aromatic heterocycles. The van der Waals surface area contributed by atoms with Crippen molar-refractivity contribution in [3.05, 3.63) is 12.2 Å². The smallest absolute Gasteiger partial charge is 0.0322 e. The highest BCUT2D eigenvalue weighted by molar-refractivity contribution is 4.83. The van der Waals surface area contributed by atoms with Crippen LogP contribution in [-0.4, -0.2) is 0 Å². The van der Waals surface area contributed by atoms with E-state index in [-0.39, 0.29) is 0 Å². The van der Waals surface area contributed by atoms with Crippen molar-refractivity contribution in [2.75, 3.05) is 0 Å². The Kier molecular flexibility index (Phi) is 2.13. The van der Waals surface area contributed by atoms with E-state index in [9.17, 15) is 0 Å². The van der Waals surface area contributed by atoms with E-state index in [1.807, 2.05) is 0 Å². The van der Waals surface area contributed by atoms with Crippen molar-refractivity contribution in [1.29, 1.82) is 0 Å². The molecule has 1 saturated carbocycles. The molecule has 0 aliphatic heterocycles. The molecule has 1 aliphatic carbocycles. The fourth-order valence-corrected chi connectivity index (χ4v) is 1.06. The first-order valence-corrected chi connectivity index (χ1v) is 3.54. The molecule has 0 atom stereocenters. The molecule has 0 aromatic rings. The third kappa shape index (κ3) is 1.36. The van der Waals surface area contributed by atoms with Gasteiger partial charge in [-0.15, -0.1) is 0 Å². The zero-order valence-corrected chi connectivity index (χ0v) is 5.56. The summed E-state index contributed by atoms with van der Waals surface area (Å²) in [7, 11) is 0. The zero-order valence-electron chi connectivity index (χ0n) is 5.56. The monoisotopic (exact) mass is 110 g/mol. The SMILES string of the molecule is CC=CCC1CCC1. The Hall–Kier alpha value is -0.260. The first kappa shape index (κ1) is 5.87. The van der Waals surface area contributed by atoms with Gasteiger partial charge in [0.25, 0.3) is 0 Å². The maximum atomic E-state index is 2.28. The molecule has 0 heterocycles. The van der Waals surface area contributed by atoms with E-state index in [0.717, 1.165) is 5.92 Å². The van der Waals surface area contributed by atoms with Gasteiger partial charge in [-0.1, -0.05) is 31.4 Å². The van der Waals surface area contributed by atoms with Crippen LogP contribution in [0.4, 0.5) is 0 Å². The summed E-state index contributed by atoms with van der Waals surface area (Å²) in [6.45, 7) is 2.10. The fourth-order valence-electron chi connectivity index (χ4n) is 1.06. The van der Waals surface area contributed by atoms with Crippen molar-refractivity contribution in [2.24, 2.45) is 5.92 Å². The first-order chi connectivity index (χ1) is 3.93. The maximum absolute atomic E-state index is 2.28. The fraction of sp³-hybridized carbons (Fsp3) is 0.750. The summed E-state index contributed by atoms with van der Waals surface area (Å²) in [5, 5.41) is 0. The third-order valence-electron chi connectivity index (χ3n) is 1.93. The molecule has 1 rings (SSSR count). The van der Waals surface area contributed by atoms with Gasteiger partial charge in [0.05, 0.1) is 0 Å². The minimum atomic E-state index is 1.05. The predicted octanol–water partition coefficient (Wildman–Crippen LogP) is 2.75. The van der Waals surface area contributed by atoms with Gasteiger partial charge in [0, 0.05) is 0 Å². The van der Waals surface area contributed by atoms with Crippen LogP contribution < -0.4 is 0 Å². The van der Waals surface area contributed by atoms with Crippen molar-refractivity contribution in [1.82, 2.24) is 0 Å². The molecule has 0 bridgehead atoms. The summed E-state index contributed by atoms with van der Waals surface area (Å²) in [4.78, 5) is 0. The van der Waals surface area contributed by atoms with Gasteiger partial charge in [0.2, 0.25) is 0 Å². The largest absolute Gasteiger partial charge is 0.0917 e. The van der Waals surface area contributed by atoms with Crippen LogP contribution >= 0.6 is 0 Å². The lowest BCUT2D eigenvalue weighted by atomic mass is 9.83. The van der Waals surface area contributed by atoms with Crippen molar-refractivity contribution < 1.29 is 0 Å². The third-order valence-corrected chi connectivity index (χ3v) is 1.93. The van der Waals surface area contributed by atoms with E-state index >= 15 is 0 Å². The molecule has 0 saturated heterocycles. The second kappa shape index (κ2) is 2.91. The van der Waals surface area contributed by atoms with E-state index < -0.39 is 0 Å². The van der Waals surface area contributed by atoms with Crippen LogP contribution in [-0.2, 0) is 0 Å². The Balaban J connectivity index is 2.01. The quantitative estimate of drug-likeness (QED) is 0.479. The average molecular weight is 110 g/mol. The van der Waals surface area contributed by atoms with E-state index in [2.05, 4.69) is 19.1 Å². The molecule has 1 fully saturated rings. The number of allylic oxidation sites excluding steroid dienone is 2. The maximum Gasteiger partial charge on any atom is -0.0322 e. The van der Waals surface area contributed by atoms with Crippen LogP contribution in [0.1, 0.15) is 32.6 Å². The number of rotatable bonds is 2. The second-order valence-electron chi connectivity index (χ2n) is 2.60. The Morgan fingerprint density at radius 3 is 2.62 bits per heavy atom. The van der Waals surface area contributed by atoms with Gasteiger partial charge in [-0.2, -0.15) is 0 Å². The van der Waals surface area contributed by atoms with Crippen LogP contribution in [0.3, 0.4) is 0 Å². The molecular formula is C8H14. The van der Waals surface area contributed by atoms with Crippen molar-refractivity contribution in [3.63, 3.8) is 0 Å². The van der Waals surface area contributed by atoms with Gasteiger partial charge in [-0.05, 0) is 19.3 Å². The molecule has 0 heteroatoms. The summed E-state index contributed by atoms with van der Waals surface area (Å²) >= 11 is 0. The van der Waals surface area contributed by atoms with Gasteiger partial charge < -0.3 is 0 Å². The standard InChI is InChI=1S/C8H14/c1-2-3-5-8-6-4-7-8/h2-3,8H,4-7H2,1H3. The molecule has 0 N–H and O–H groups in total. The number of hydrogen-bond acceptors (Lipinski definition) is 0. The molecule has 1 aliphatic rings. The highest BCUT2D eigenvalue weighted by Crippen LogP contribution is 2.29. The number of hydrogen-bond donors (Lipinski definition) is 0. The van der Waals surface area contributed by atoms with Gasteiger partial charge in [0.15, 0.2) is 0 Å². The molecule has 46 valence electrons. The first-order valence-electron chi connectivity index (χ1n) is 3.54. The average Bonchev–Trinajstić information content (AvgIpc) is 1.63. The Morgan fingerprint density at radius 2 is 2.25 bits per heavy atom. The van der Waals surface area contributed by atoms with Crippen molar-refractivity contribution in [2.45, 2.75) is 32.6 Å². The summed E-state index contributed by atoms with van der Waals surface area (Å²) in [6, 6.07) is 0. The lowest BCUT2D eigenvalue weighted by Gasteiger charge is -2.23. The summed E-state index contributed by atoms with van der Waals surface area (Å²) in [5.41, 5.74) is 0. The van der Waals surface area contributed by atoms with E-state index in [1.54, 1.807) is 0 Å². The molecule has 0 unspecified atom stereocenters. The van der Waals surface area contributed by atoms with Gasteiger partial charge >= 0.3 is 0 Å². The Morgan fingerprint density at radius 1 is 1.50 bits per heavy atom. The molecule has 0 aromatic carbocycles. The van der Waals surface area contributed by atoms with E-state index in [4.69, 9.17) is 0 Å². The topological polar surface area (TPSA) is 0 Å². The summed E-state index contributed by atoms with van der Waals surface area (Å²) in [6.07, 6.45) is 10.2. The second-order valence-corrected chi connectivity index (χ2v) is 2.60. The van der Waals surface area contributed by atoms with E-state index in [0.29, 0.717) is 0 Å². The normalized spacial score (nSPS) is 21.6. The van der Waals surface area contributed by atoms with Crippen LogP contribution in [0.2, 0.25) is 0 Å². The molecule has 0 nitrogen and oxygen atoms in total. The van der Waals surface area contributed by atoms with Crippen LogP contribution in [0.5, 0.6) is 0 Å². The van der Waals surface area contributed by atoms with Gasteiger partial charge in [-0.25, -0.2) is 0 Å². The van der Waals surface area contributed by atoms with Crippen LogP contribution in [0.25, 0.3) is 0 Å². The molecule has 8 heavy (non-hydrogen) atoms. The summed E-state index contributed by atoms with van der Waals surface area (Å²) in [5.74, 6) is 1.05. The Labute approximate surface area is 51.6 Å². The lowest BCUT2D eigenvalue weighted by molar-refractivity contribution is 0.319. The van der Waals surface area contributed by atoms with E-state index in [1.165, 1.54) is 25.7 Å². The van der Waals surface area contributed by atoms with Crippen molar-refractivity contribution >= 4 is 0 Å². The highest BCUT2D eigenvalue weighted by atomic mass is 14.2. The Bertz CT molecular complexity index is 78.0. The van der Waals surface area contributed by atoms with Crippen LogP contribution in [0, 0.1) is 5.92 Å². The summed E-state index contributed by atoms with van der Waals surface area (Å²) < 4.78 is 0. The zero-order chi connectivity index (χ0) is 5.82. The van der Waals surface area contributed by atoms with Crippen molar-refractivity contribution in [3.8, 4) is 0 Å². The van der Waals surface area contributed by atoms with Gasteiger partial charge in [-0.3, -0.25) is 0 Å². The molecule has 0 amide bonds. The molecule has 0 spiro atoms. The lowest BCUT2D eigenvalue weighted by Crippen LogP contribution is -2.08. The minimum absolute atomic E-state index is 1.05. The molecule has 0 radical (unpaired) electrons. The highest BCUT2D eigenvalue weighted by Gasteiger charge is 2.14. The predicted molar refractivity (Wildman–Crippen MR) is 36.8 cm³/mol. The van der Waals surface area contributed by atoms with Gasteiger partial charge in [0.1, 0.15) is 0 Å². The van der Waals surface area contributed by atoms with Crippen LogP contribution in [0.15, 0.2) is 12.2 Å².